The second-order valence-electron chi connectivity index (χ2n) is 1.35. The number of hydrogen-bond acceptors (Lipinski definition) is 3. The molecule has 0 radical (unpaired) electrons. The third kappa shape index (κ3) is 0.994. The Morgan fingerprint density at radius 2 is 2.71 bits per heavy atom. The van der Waals surface area contributed by atoms with Gasteiger partial charge in [-0.25, -0.2) is 4.99 Å². The summed E-state index contributed by atoms with van der Waals surface area (Å²) in [7, 11) is 0. The zero-order valence-corrected chi connectivity index (χ0v) is 4.18. The first-order chi connectivity index (χ1) is 3.39. The van der Waals surface area contributed by atoms with E-state index in [2.05, 4.69) is 15.3 Å². The van der Waals surface area contributed by atoms with Gasteiger partial charge in [0, 0.05) is 0 Å². The van der Waals surface area contributed by atoms with Crippen molar-refractivity contribution in [3.8, 4) is 0 Å². The summed E-state index contributed by atoms with van der Waals surface area (Å²) in [6.07, 6.45) is 1.56. The van der Waals surface area contributed by atoms with Gasteiger partial charge in [0.15, 0.2) is 0 Å². The van der Waals surface area contributed by atoms with E-state index in [1.807, 2.05) is 6.92 Å². The molecule has 1 aliphatic rings. The maximum absolute atomic E-state index is 3.84. The first-order valence-corrected chi connectivity index (χ1v) is 2.16. The number of hydrogen-bond donors (Lipinski definition) is 1. The van der Waals surface area contributed by atoms with Crippen molar-refractivity contribution in [2.75, 3.05) is 6.67 Å². The van der Waals surface area contributed by atoms with E-state index in [0.717, 1.165) is 5.84 Å². The van der Waals surface area contributed by atoms with E-state index in [-0.39, 0.29) is 0 Å². The van der Waals surface area contributed by atoms with Crippen LogP contribution in [0.2, 0.25) is 0 Å². The molecule has 0 aliphatic carbocycles. The summed E-state index contributed by atoms with van der Waals surface area (Å²) in [6, 6.07) is 0. The predicted octanol–water partition coefficient (Wildman–Crippen LogP) is -0.00620. The Morgan fingerprint density at radius 1 is 1.86 bits per heavy atom. The van der Waals surface area contributed by atoms with Crippen molar-refractivity contribution in [1.29, 1.82) is 0 Å². The second kappa shape index (κ2) is 1.73. The molecule has 0 spiro atoms. The first kappa shape index (κ1) is 4.30. The molecule has 0 saturated heterocycles. The van der Waals surface area contributed by atoms with Gasteiger partial charge in [0.2, 0.25) is 0 Å². The van der Waals surface area contributed by atoms with Gasteiger partial charge in [0.05, 0.1) is 0 Å². The van der Waals surface area contributed by atoms with Gasteiger partial charge in [-0.2, -0.15) is 0 Å². The molecule has 1 heterocycles. The highest BCUT2D eigenvalue weighted by molar-refractivity contribution is 5.87. The van der Waals surface area contributed by atoms with Crippen LogP contribution < -0.4 is 5.32 Å². The maximum Gasteiger partial charge on any atom is 0.114 e. The Labute approximate surface area is 42.2 Å². The van der Waals surface area contributed by atoms with Crippen molar-refractivity contribution in [1.82, 2.24) is 5.32 Å². The molecule has 7 heavy (non-hydrogen) atoms. The molecule has 3 nitrogen and oxygen atoms in total. The number of nitrogens with zero attached hydrogens (tertiary/aromatic N) is 2. The molecule has 0 unspecified atom stereocenters. The average Bonchev–Trinajstić information content (AvgIpc) is 1.69. The first-order valence-electron chi connectivity index (χ1n) is 2.16. The Hall–Kier alpha value is -0.860. The van der Waals surface area contributed by atoms with Crippen molar-refractivity contribution in [2.45, 2.75) is 6.92 Å². The molecule has 1 N–H and O–H groups in total. The van der Waals surface area contributed by atoms with Crippen LogP contribution in [0.5, 0.6) is 0 Å². The summed E-state index contributed by atoms with van der Waals surface area (Å²) >= 11 is 0. The van der Waals surface area contributed by atoms with E-state index in [1.54, 1.807) is 6.34 Å². The summed E-state index contributed by atoms with van der Waals surface area (Å²) in [6.45, 7) is 2.58. The lowest BCUT2D eigenvalue weighted by Gasteiger charge is -2.02. The number of nitrogens with one attached hydrogen (secondary N) is 1. The molecule has 0 bridgehead atoms. The zero-order valence-electron chi connectivity index (χ0n) is 4.18. The minimum atomic E-state index is 0.676. The van der Waals surface area contributed by atoms with Crippen molar-refractivity contribution >= 4 is 12.2 Å². The normalized spacial score (nSPS) is 18.1. The highest BCUT2D eigenvalue weighted by Crippen LogP contribution is 1.76. The van der Waals surface area contributed by atoms with Gasteiger partial charge >= 0.3 is 0 Å². The van der Waals surface area contributed by atoms with E-state index < -0.39 is 0 Å². The van der Waals surface area contributed by atoms with Crippen molar-refractivity contribution in [2.24, 2.45) is 9.98 Å². The molecule has 1 rings (SSSR count). The standard InChI is InChI=1S/C4H7N3/c1-4-6-2-5-3-7-4/h2H,3H2,1H3,(H,5,6,7). The van der Waals surface area contributed by atoms with Gasteiger partial charge in [-0.1, -0.05) is 0 Å². The predicted molar refractivity (Wildman–Crippen MR) is 29.6 cm³/mol. The van der Waals surface area contributed by atoms with Crippen LogP contribution in [0.25, 0.3) is 0 Å². The van der Waals surface area contributed by atoms with Crippen molar-refractivity contribution in [3.63, 3.8) is 0 Å². The highest BCUT2D eigenvalue weighted by atomic mass is 15.1. The smallest absolute Gasteiger partial charge is 0.114 e. The Morgan fingerprint density at radius 3 is 3.00 bits per heavy atom. The van der Waals surface area contributed by atoms with Gasteiger partial charge in [-0.3, -0.25) is 4.99 Å². The topological polar surface area (TPSA) is 36.8 Å². The maximum atomic E-state index is 3.84. The van der Waals surface area contributed by atoms with Crippen LogP contribution in [0.1, 0.15) is 6.92 Å². The van der Waals surface area contributed by atoms with Crippen LogP contribution in [0.4, 0.5) is 0 Å². The molecule has 0 fully saturated rings. The van der Waals surface area contributed by atoms with E-state index >= 15 is 0 Å². The van der Waals surface area contributed by atoms with E-state index in [1.165, 1.54) is 0 Å². The van der Waals surface area contributed by atoms with Gasteiger partial charge in [-0.15, -0.1) is 0 Å². The third-order valence-corrected chi connectivity index (χ3v) is 0.759. The Kier molecular flexibility index (Phi) is 1.06. The van der Waals surface area contributed by atoms with Crippen LogP contribution in [0.15, 0.2) is 9.98 Å². The lowest BCUT2D eigenvalue weighted by Crippen LogP contribution is -2.23. The van der Waals surface area contributed by atoms with Crippen LogP contribution in [0.3, 0.4) is 0 Å². The summed E-state index contributed by atoms with van der Waals surface area (Å²) < 4.78 is 0. The molecule has 0 aromatic carbocycles. The molecule has 0 atom stereocenters. The monoisotopic (exact) mass is 97.1 g/mol. The largest absolute Gasteiger partial charge is 0.355 e. The molecule has 0 aromatic rings. The SMILES string of the molecule is CC1=NC=NCN1. The third-order valence-electron chi connectivity index (χ3n) is 0.759. The molecule has 1 aliphatic heterocycles. The number of aliphatic imine (C=N–C) groups is 2. The average molecular weight is 97.1 g/mol. The summed E-state index contributed by atoms with van der Waals surface area (Å²) in [5.41, 5.74) is 0. The molecular formula is C4H7N3. The molecule has 38 valence electrons. The van der Waals surface area contributed by atoms with Crippen LogP contribution >= 0.6 is 0 Å². The lowest BCUT2D eigenvalue weighted by atomic mass is 10.6. The summed E-state index contributed by atoms with van der Waals surface area (Å²) in [5.74, 6) is 0.940. The molecule has 0 amide bonds. The van der Waals surface area contributed by atoms with Gasteiger partial charge < -0.3 is 5.32 Å². The summed E-state index contributed by atoms with van der Waals surface area (Å²) in [4.78, 5) is 7.65. The fourth-order valence-electron chi connectivity index (χ4n) is 0.374. The quantitative estimate of drug-likeness (QED) is 0.453. The Balaban J connectivity index is 2.57. The van der Waals surface area contributed by atoms with Crippen molar-refractivity contribution in [3.05, 3.63) is 0 Å². The van der Waals surface area contributed by atoms with Crippen LogP contribution in [-0.4, -0.2) is 18.8 Å². The van der Waals surface area contributed by atoms with Crippen LogP contribution in [0, 0.1) is 0 Å². The number of amidine groups is 1. The fraction of sp³-hybridized carbons (Fsp3) is 0.500. The zero-order chi connectivity index (χ0) is 5.11. The van der Waals surface area contributed by atoms with Crippen LogP contribution in [-0.2, 0) is 0 Å². The number of rotatable bonds is 0. The second-order valence-corrected chi connectivity index (χ2v) is 1.35. The van der Waals surface area contributed by atoms with E-state index in [0.29, 0.717) is 6.67 Å². The molecular weight excluding hydrogens is 90.1 g/mol. The molecule has 0 saturated carbocycles. The lowest BCUT2D eigenvalue weighted by molar-refractivity contribution is 0.910. The van der Waals surface area contributed by atoms with Gasteiger partial charge in [0.1, 0.15) is 18.8 Å². The fourth-order valence-corrected chi connectivity index (χ4v) is 0.374. The van der Waals surface area contributed by atoms with Gasteiger partial charge in [-0.05, 0) is 6.92 Å². The minimum absolute atomic E-state index is 0.676. The van der Waals surface area contributed by atoms with Gasteiger partial charge in [0.25, 0.3) is 0 Å². The Bertz CT molecular complexity index is 114. The van der Waals surface area contributed by atoms with Crippen molar-refractivity contribution < 1.29 is 0 Å². The summed E-state index contributed by atoms with van der Waals surface area (Å²) in [5, 5.41) is 2.93. The van der Waals surface area contributed by atoms with E-state index in [4.69, 9.17) is 0 Å². The van der Waals surface area contributed by atoms with E-state index in [9.17, 15) is 0 Å². The molecule has 0 aromatic heterocycles. The highest BCUT2D eigenvalue weighted by Gasteiger charge is 1.87. The molecule has 3 heteroatoms. The minimum Gasteiger partial charge on any atom is -0.355 e.